The highest BCUT2D eigenvalue weighted by molar-refractivity contribution is 7.89. The normalized spacial score (nSPS) is 19.5. The minimum Gasteiger partial charge on any atom is -0.385 e. The van der Waals surface area contributed by atoms with E-state index in [2.05, 4.69) is 4.98 Å². The van der Waals surface area contributed by atoms with Crippen molar-refractivity contribution in [1.82, 2.24) is 14.2 Å². The van der Waals surface area contributed by atoms with E-state index in [4.69, 9.17) is 27.9 Å². The second-order valence-electron chi connectivity index (χ2n) is 9.92. The third-order valence-corrected chi connectivity index (χ3v) is 10.1. The number of rotatable bonds is 7. The van der Waals surface area contributed by atoms with Crippen molar-refractivity contribution in [3.05, 3.63) is 93.7 Å². The average molecular weight is 591 g/mol. The Bertz CT molecular complexity index is 1450. The highest BCUT2D eigenvalue weighted by Gasteiger charge is 2.37. The number of likely N-dealkylation sites (tertiary alicyclic amines) is 1. The number of fused-ring (bicyclic) bond motifs is 1. The van der Waals surface area contributed by atoms with E-state index in [0.29, 0.717) is 32.4 Å². The fourth-order valence-electron chi connectivity index (χ4n) is 5.19. The lowest BCUT2D eigenvalue weighted by atomic mass is 9.85. The zero-order valence-electron chi connectivity index (χ0n) is 21.2. The molecule has 0 radical (unpaired) electrons. The molecule has 2 aliphatic rings. The van der Waals surface area contributed by atoms with Gasteiger partial charge in [-0.05, 0) is 54.7 Å². The number of carbonyl (C=O) groups excluding carboxylic acids is 1. The van der Waals surface area contributed by atoms with Gasteiger partial charge in [-0.15, -0.1) is 0 Å². The van der Waals surface area contributed by atoms with Crippen LogP contribution in [0.4, 0.5) is 0 Å². The lowest BCUT2D eigenvalue weighted by Gasteiger charge is -2.38. The molecule has 11 heteroatoms. The molecular weight excluding hydrogens is 561 g/mol. The molecule has 5 rings (SSSR count). The predicted molar refractivity (Wildman–Crippen MR) is 148 cm³/mol. The molecule has 1 unspecified atom stereocenters. The summed E-state index contributed by atoms with van der Waals surface area (Å²) in [5.41, 5.74) is 1.70. The van der Waals surface area contributed by atoms with E-state index in [0.717, 1.165) is 16.7 Å². The predicted octanol–water partition coefficient (Wildman–Crippen LogP) is 4.03. The van der Waals surface area contributed by atoms with Gasteiger partial charge in [-0.2, -0.15) is 4.31 Å². The number of hydrogen-bond donors (Lipinski definition) is 1. The second-order valence-corrected chi connectivity index (χ2v) is 12.6. The monoisotopic (exact) mass is 589 g/mol. The van der Waals surface area contributed by atoms with Crippen molar-refractivity contribution < 1.29 is 23.1 Å². The number of ether oxygens (including phenoxy) is 1. The van der Waals surface area contributed by atoms with Crippen molar-refractivity contribution in [3.63, 3.8) is 0 Å². The van der Waals surface area contributed by atoms with Crippen LogP contribution in [0.2, 0.25) is 10.0 Å². The number of piperidine rings is 1. The van der Waals surface area contributed by atoms with Crippen molar-refractivity contribution in [2.45, 2.75) is 42.3 Å². The number of pyridine rings is 1. The van der Waals surface area contributed by atoms with Crippen LogP contribution >= 0.6 is 23.2 Å². The molecule has 1 N–H and O–H groups in total. The summed E-state index contributed by atoms with van der Waals surface area (Å²) >= 11 is 12.1. The molecule has 1 amide bonds. The summed E-state index contributed by atoms with van der Waals surface area (Å²) in [7, 11) is -3.92. The minimum absolute atomic E-state index is 0.0479. The molecule has 3 aromatic rings. The molecule has 1 fully saturated rings. The lowest BCUT2D eigenvalue weighted by molar-refractivity contribution is -0.141. The van der Waals surface area contributed by atoms with E-state index >= 15 is 0 Å². The number of nitrogens with zero attached hydrogens (tertiary/aromatic N) is 3. The van der Waals surface area contributed by atoms with Gasteiger partial charge in [0.25, 0.3) is 0 Å². The summed E-state index contributed by atoms with van der Waals surface area (Å²) in [6.45, 7) is 0.836. The zero-order chi connectivity index (χ0) is 27.6. The maximum Gasteiger partial charge on any atom is 0.248 e. The molecule has 2 aliphatic heterocycles. The molecule has 0 bridgehead atoms. The summed E-state index contributed by atoms with van der Waals surface area (Å²) in [4.78, 5) is 18.7. The van der Waals surface area contributed by atoms with Gasteiger partial charge in [-0.3, -0.25) is 9.78 Å². The zero-order valence-corrected chi connectivity index (χ0v) is 23.5. The molecule has 206 valence electrons. The Morgan fingerprint density at radius 3 is 2.49 bits per heavy atom. The first-order valence-corrected chi connectivity index (χ1v) is 14.9. The van der Waals surface area contributed by atoms with Crippen molar-refractivity contribution in [1.29, 1.82) is 0 Å². The first-order chi connectivity index (χ1) is 18.7. The smallest absolute Gasteiger partial charge is 0.248 e. The maximum absolute atomic E-state index is 13.7. The fourth-order valence-corrected chi connectivity index (χ4v) is 7.16. The molecule has 1 atom stereocenters. The van der Waals surface area contributed by atoms with Gasteiger partial charge in [0.15, 0.2) is 0 Å². The number of hydrogen-bond acceptors (Lipinski definition) is 6. The van der Waals surface area contributed by atoms with Gasteiger partial charge in [0.05, 0.1) is 33.2 Å². The molecule has 2 aromatic carbocycles. The summed E-state index contributed by atoms with van der Waals surface area (Å²) in [5.74, 6) is -0.196. The van der Waals surface area contributed by atoms with E-state index in [1.54, 1.807) is 23.4 Å². The number of aromatic nitrogens is 1. The van der Waals surface area contributed by atoms with Gasteiger partial charge in [0.2, 0.25) is 15.9 Å². The van der Waals surface area contributed by atoms with Crippen molar-refractivity contribution in [2.75, 3.05) is 26.3 Å². The highest BCUT2D eigenvalue weighted by atomic mass is 35.5. The van der Waals surface area contributed by atoms with Crippen LogP contribution in [0.15, 0.2) is 71.9 Å². The molecule has 0 spiro atoms. The number of aliphatic hydroxyl groups is 1. The minimum atomic E-state index is -3.92. The van der Waals surface area contributed by atoms with E-state index in [1.807, 2.05) is 30.3 Å². The maximum atomic E-state index is 13.7. The van der Waals surface area contributed by atoms with Gasteiger partial charge in [0.1, 0.15) is 6.61 Å². The topological polar surface area (TPSA) is 100 Å². The van der Waals surface area contributed by atoms with Crippen LogP contribution in [0.3, 0.4) is 0 Å². The van der Waals surface area contributed by atoms with Gasteiger partial charge < -0.3 is 14.7 Å². The van der Waals surface area contributed by atoms with Crippen LogP contribution in [-0.2, 0) is 38.1 Å². The van der Waals surface area contributed by atoms with Crippen LogP contribution < -0.4 is 0 Å². The summed E-state index contributed by atoms with van der Waals surface area (Å²) in [6, 6.07) is 15.1. The van der Waals surface area contributed by atoms with E-state index in [9.17, 15) is 18.3 Å². The molecule has 3 heterocycles. The SMILES string of the molecule is O=C(COCC1Cc2ccccc2CN1S(=O)(=O)c1ccc(Cl)c(Cl)c1)N1CCC(O)(c2cccnc2)CC1. The number of sulfonamides is 1. The average Bonchev–Trinajstić information content (AvgIpc) is 2.94. The van der Waals surface area contributed by atoms with Crippen LogP contribution in [0, 0.1) is 0 Å². The standard InChI is InChI=1S/C28H29Cl2N3O5S/c29-25-8-7-24(15-26(25)30)39(36,37)33-17-21-5-2-1-4-20(21)14-23(33)18-38-19-27(34)32-12-9-28(35,10-13-32)22-6-3-11-31-16-22/h1-8,11,15-16,23,35H,9-10,12-14,17-19H2. The molecule has 1 saturated heterocycles. The van der Waals surface area contributed by atoms with E-state index in [1.165, 1.54) is 22.5 Å². The number of carbonyl (C=O) groups is 1. The van der Waals surface area contributed by atoms with Gasteiger partial charge in [0, 0.05) is 37.6 Å². The Morgan fingerprint density at radius 1 is 1.05 bits per heavy atom. The van der Waals surface area contributed by atoms with Crippen molar-refractivity contribution >= 4 is 39.1 Å². The molecule has 8 nitrogen and oxygen atoms in total. The first kappa shape index (κ1) is 28.0. The largest absolute Gasteiger partial charge is 0.385 e. The Hall–Kier alpha value is -2.53. The summed E-state index contributed by atoms with van der Waals surface area (Å²) in [5, 5.41) is 11.4. The van der Waals surface area contributed by atoms with E-state index in [-0.39, 0.29) is 40.6 Å². The third kappa shape index (κ3) is 5.99. The number of benzene rings is 2. The van der Waals surface area contributed by atoms with E-state index < -0.39 is 21.7 Å². The van der Waals surface area contributed by atoms with Crippen molar-refractivity contribution in [3.8, 4) is 0 Å². The molecule has 0 saturated carbocycles. The molecule has 0 aliphatic carbocycles. The summed E-state index contributed by atoms with van der Waals surface area (Å²) < 4.78 is 34.6. The molecule has 39 heavy (non-hydrogen) atoms. The fraction of sp³-hybridized carbons (Fsp3) is 0.357. The first-order valence-electron chi connectivity index (χ1n) is 12.7. The molecular formula is C28H29Cl2N3O5S. The van der Waals surface area contributed by atoms with Crippen LogP contribution in [0.1, 0.15) is 29.5 Å². The van der Waals surface area contributed by atoms with Crippen LogP contribution in [-0.4, -0.2) is 66.0 Å². The number of halogens is 2. The molecule has 1 aromatic heterocycles. The second kappa shape index (κ2) is 11.5. The van der Waals surface area contributed by atoms with Crippen LogP contribution in [0.25, 0.3) is 0 Å². The van der Waals surface area contributed by atoms with Gasteiger partial charge >= 0.3 is 0 Å². The number of amides is 1. The Morgan fingerprint density at radius 2 is 1.79 bits per heavy atom. The van der Waals surface area contributed by atoms with Gasteiger partial charge in [-0.25, -0.2) is 8.42 Å². The Kier molecular flexibility index (Phi) is 8.28. The van der Waals surface area contributed by atoms with Crippen molar-refractivity contribution in [2.24, 2.45) is 0 Å². The Balaban J connectivity index is 1.24. The lowest BCUT2D eigenvalue weighted by Crippen LogP contribution is -2.48. The van der Waals surface area contributed by atoms with Gasteiger partial charge in [-0.1, -0.05) is 53.5 Å². The third-order valence-electron chi connectivity index (χ3n) is 7.48. The highest BCUT2D eigenvalue weighted by Crippen LogP contribution is 2.33. The quantitative estimate of drug-likeness (QED) is 0.446. The Labute approximate surface area is 238 Å². The summed E-state index contributed by atoms with van der Waals surface area (Å²) in [6.07, 6.45) is 4.57. The van der Waals surface area contributed by atoms with Crippen LogP contribution in [0.5, 0.6) is 0 Å².